The van der Waals surface area contributed by atoms with Gasteiger partial charge in [0.25, 0.3) is 12.3 Å². The third-order valence-corrected chi connectivity index (χ3v) is 6.54. The van der Waals surface area contributed by atoms with Crippen molar-refractivity contribution in [1.29, 1.82) is 0 Å². The van der Waals surface area contributed by atoms with E-state index in [0.29, 0.717) is 12.8 Å². The third-order valence-electron chi connectivity index (χ3n) is 4.65. The summed E-state index contributed by atoms with van der Waals surface area (Å²) in [5.74, 6) is -1.80. The predicted octanol–water partition coefficient (Wildman–Crippen LogP) is 3.16. The summed E-state index contributed by atoms with van der Waals surface area (Å²) >= 11 is 0. The van der Waals surface area contributed by atoms with Gasteiger partial charge in [0, 0.05) is 24.3 Å². The third kappa shape index (κ3) is 4.77. The van der Waals surface area contributed by atoms with Gasteiger partial charge >= 0.3 is 0 Å². The highest BCUT2D eigenvalue weighted by molar-refractivity contribution is 7.89. The zero-order valence-electron chi connectivity index (χ0n) is 15.2. The average molecular weight is 428 g/mol. The van der Waals surface area contributed by atoms with Crippen LogP contribution in [0.25, 0.3) is 0 Å². The molecule has 0 unspecified atom stereocenters. The number of alkyl halides is 2. The quantitative estimate of drug-likeness (QED) is 0.766. The van der Waals surface area contributed by atoms with Crippen LogP contribution in [0.4, 0.5) is 18.9 Å². The standard InChI is InChI=1S/C19H19F3N2O4S/c20-17-5-4-13(11-16(17)18(21)22)23-19(26)12-2-1-3-15(10-12)29(27,28)24-8-6-14(25)7-9-24/h1-5,10-11,14,18,25H,6-9H2,(H,23,26). The summed E-state index contributed by atoms with van der Waals surface area (Å²) in [6.45, 7) is 0.345. The molecule has 0 saturated carbocycles. The van der Waals surface area contributed by atoms with Gasteiger partial charge in [-0.3, -0.25) is 4.79 Å². The first kappa shape index (κ1) is 21.3. The van der Waals surface area contributed by atoms with E-state index in [9.17, 15) is 31.5 Å². The fraction of sp³-hybridized carbons (Fsp3) is 0.316. The minimum absolute atomic E-state index is 0.00559. The lowest BCUT2D eigenvalue weighted by Crippen LogP contribution is -2.40. The maximum Gasteiger partial charge on any atom is 0.266 e. The van der Waals surface area contributed by atoms with Crippen molar-refractivity contribution in [1.82, 2.24) is 4.31 Å². The Morgan fingerprint density at radius 2 is 1.83 bits per heavy atom. The fourth-order valence-corrected chi connectivity index (χ4v) is 4.54. The van der Waals surface area contributed by atoms with Crippen molar-refractivity contribution in [2.45, 2.75) is 30.3 Å². The Morgan fingerprint density at radius 1 is 1.14 bits per heavy atom. The molecule has 10 heteroatoms. The van der Waals surface area contributed by atoms with Crippen LogP contribution < -0.4 is 5.32 Å². The number of nitrogens with zero attached hydrogens (tertiary/aromatic N) is 1. The fourth-order valence-electron chi connectivity index (χ4n) is 3.02. The molecule has 1 aliphatic heterocycles. The molecule has 29 heavy (non-hydrogen) atoms. The number of benzene rings is 2. The van der Waals surface area contributed by atoms with Gasteiger partial charge < -0.3 is 10.4 Å². The van der Waals surface area contributed by atoms with Gasteiger partial charge in [0.15, 0.2) is 0 Å². The van der Waals surface area contributed by atoms with Crippen molar-refractivity contribution >= 4 is 21.6 Å². The van der Waals surface area contributed by atoms with Crippen LogP contribution >= 0.6 is 0 Å². The van der Waals surface area contributed by atoms with Crippen molar-refractivity contribution < 1.29 is 31.5 Å². The molecule has 0 radical (unpaired) electrons. The zero-order chi connectivity index (χ0) is 21.2. The Balaban J connectivity index is 1.80. The highest BCUT2D eigenvalue weighted by Gasteiger charge is 2.29. The minimum atomic E-state index is -3.84. The molecule has 1 amide bonds. The van der Waals surface area contributed by atoms with E-state index in [0.717, 1.165) is 18.2 Å². The van der Waals surface area contributed by atoms with E-state index in [1.807, 2.05) is 0 Å². The number of amides is 1. The molecule has 2 aromatic rings. The number of aliphatic hydroxyl groups excluding tert-OH is 1. The lowest BCUT2D eigenvalue weighted by Gasteiger charge is -2.28. The predicted molar refractivity (Wildman–Crippen MR) is 99.8 cm³/mol. The molecular weight excluding hydrogens is 409 g/mol. The van der Waals surface area contributed by atoms with E-state index in [4.69, 9.17) is 0 Å². The molecule has 156 valence electrons. The summed E-state index contributed by atoms with van der Waals surface area (Å²) in [6, 6.07) is 8.11. The molecule has 6 nitrogen and oxygen atoms in total. The Kier molecular flexibility index (Phi) is 6.25. The smallest absolute Gasteiger partial charge is 0.266 e. The van der Waals surface area contributed by atoms with E-state index < -0.39 is 39.8 Å². The first-order chi connectivity index (χ1) is 13.7. The Morgan fingerprint density at radius 3 is 2.48 bits per heavy atom. The normalized spacial score (nSPS) is 16.2. The number of hydrogen-bond donors (Lipinski definition) is 2. The lowest BCUT2D eigenvalue weighted by molar-refractivity contribution is 0.102. The molecule has 0 aliphatic carbocycles. The zero-order valence-corrected chi connectivity index (χ0v) is 16.0. The van der Waals surface area contributed by atoms with Crippen LogP contribution in [0.5, 0.6) is 0 Å². The monoisotopic (exact) mass is 428 g/mol. The number of halogens is 3. The molecule has 2 aromatic carbocycles. The summed E-state index contributed by atoms with van der Waals surface area (Å²) in [7, 11) is -3.84. The number of hydrogen-bond acceptors (Lipinski definition) is 4. The van der Waals surface area contributed by atoms with Crippen LogP contribution in [-0.2, 0) is 10.0 Å². The number of carbonyl (C=O) groups is 1. The Labute approximate surface area is 166 Å². The van der Waals surface area contributed by atoms with Crippen LogP contribution in [0, 0.1) is 5.82 Å². The maximum atomic E-state index is 13.4. The highest BCUT2D eigenvalue weighted by atomic mass is 32.2. The van der Waals surface area contributed by atoms with Crippen LogP contribution in [0.1, 0.15) is 35.2 Å². The first-order valence-electron chi connectivity index (χ1n) is 8.85. The van der Waals surface area contributed by atoms with Crippen molar-refractivity contribution in [3.05, 3.63) is 59.4 Å². The Hall–Kier alpha value is -2.43. The first-order valence-corrected chi connectivity index (χ1v) is 10.3. The number of aliphatic hydroxyl groups is 1. The van der Waals surface area contributed by atoms with Crippen molar-refractivity contribution in [3.63, 3.8) is 0 Å². The minimum Gasteiger partial charge on any atom is -0.393 e. The second-order valence-corrected chi connectivity index (χ2v) is 8.59. The van der Waals surface area contributed by atoms with Crippen molar-refractivity contribution in [3.8, 4) is 0 Å². The summed E-state index contributed by atoms with van der Waals surface area (Å²) in [5, 5.41) is 11.9. The van der Waals surface area contributed by atoms with Gasteiger partial charge in [-0.1, -0.05) is 6.07 Å². The van der Waals surface area contributed by atoms with E-state index in [-0.39, 0.29) is 29.2 Å². The molecule has 0 bridgehead atoms. The number of rotatable bonds is 5. The molecule has 1 fully saturated rings. The topological polar surface area (TPSA) is 86.7 Å². The number of sulfonamides is 1. The van der Waals surface area contributed by atoms with Crippen LogP contribution in [0.2, 0.25) is 0 Å². The van der Waals surface area contributed by atoms with Crippen LogP contribution in [-0.4, -0.2) is 42.9 Å². The van der Waals surface area contributed by atoms with Gasteiger partial charge in [0.1, 0.15) is 5.82 Å². The second kappa shape index (κ2) is 8.52. The molecule has 0 atom stereocenters. The number of anilines is 1. The van der Waals surface area contributed by atoms with Gasteiger partial charge in [-0.15, -0.1) is 0 Å². The summed E-state index contributed by atoms with van der Waals surface area (Å²) in [5.41, 5.74) is -0.873. The van der Waals surface area contributed by atoms with Gasteiger partial charge in [-0.25, -0.2) is 21.6 Å². The van der Waals surface area contributed by atoms with Gasteiger partial charge in [-0.05, 0) is 49.2 Å². The molecular formula is C19H19F3N2O4S. The van der Waals surface area contributed by atoms with E-state index in [2.05, 4.69) is 5.32 Å². The highest BCUT2D eigenvalue weighted by Crippen LogP contribution is 2.26. The van der Waals surface area contributed by atoms with E-state index >= 15 is 0 Å². The maximum absolute atomic E-state index is 13.4. The number of piperidine rings is 1. The van der Waals surface area contributed by atoms with Gasteiger partial charge in [0.05, 0.1) is 16.6 Å². The van der Waals surface area contributed by atoms with E-state index in [1.165, 1.54) is 28.6 Å². The molecule has 2 N–H and O–H groups in total. The molecule has 1 aliphatic rings. The number of carbonyl (C=O) groups excluding carboxylic acids is 1. The van der Waals surface area contributed by atoms with Gasteiger partial charge in [-0.2, -0.15) is 4.31 Å². The van der Waals surface area contributed by atoms with Crippen molar-refractivity contribution in [2.24, 2.45) is 0 Å². The van der Waals surface area contributed by atoms with Gasteiger partial charge in [0.2, 0.25) is 10.0 Å². The van der Waals surface area contributed by atoms with Crippen LogP contribution in [0.15, 0.2) is 47.4 Å². The molecule has 1 saturated heterocycles. The summed E-state index contributed by atoms with van der Waals surface area (Å²) in [4.78, 5) is 12.4. The Bertz CT molecular complexity index is 1010. The molecule has 0 aromatic heterocycles. The summed E-state index contributed by atoms with van der Waals surface area (Å²) in [6.07, 6.45) is -2.91. The summed E-state index contributed by atoms with van der Waals surface area (Å²) < 4.78 is 65.8. The average Bonchev–Trinajstić information content (AvgIpc) is 2.69. The largest absolute Gasteiger partial charge is 0.393 e. The van der Waals surface area contributed by atoms with Crippen molar-refractivity contribution in [2.75, 3.05) is 18.4 Å². The number of nitrogens with one attached hydrogen (secondary N) is 1. The lowest BCUT2D eigenvalue weighted by atomic mass is 10.1. The molecule has 0 spiro atoms. The second-order valence-electron chi connectivity index (χ2n) is 6.65. The molecule has 1 heterocycles. The van der Waals surface area contributed by atoms with E-state index in [1.54, 1.807) is 0 Å². The van der Waals surface area contributed by atoms with Crippen LogP contribution in [0.3, 0.4) is 0 Å². The molecule has 3 rings (SSSR count). The SMILES string of the molecule is O=C(Nc1ccc(F)c(C(F)F)c1)c1cccc(S(=O)(=O)N2CCC(O)CC2)c1.